The van der Waals surface area contributed by atoms with Gasteiger partial charge in [0.1, 0.15) is 5.60 Å². The van der Waals surface area contributed by atoms with E-state index in [0.29, 0.717) is 24.3 Å². The zero-order valence-corrected chi connectivity index (χ0v) is 12.7. The Hall–Kier alpha value is -1.85. The van der Waals surface area contributed by atoms with Crippen molar-refractivity contribution in [1.82, 2.24) is 14.7 Å². The second kappa shape index (κ2) is 4.86. The lowest BCUT2D eigenvalue weighted by Crippen LogP contribution is -2.37. The molecule has 0 spiro atoms. The van der Waals surface area contributed by atoms with E-state index in [2.05, 4.69) is 5.10 Å². The second-order valence-electron chi connectivity index (χ2n) is 6.92. The Bertz CT molecular complexity index is 593. The molecule has 0 bridgehead atoms. The van der Waals surface area contributed by atoms with Gasteiger partial charge in [0, 0.05) is 31.9 Å². The van der Waals surface area contributed by atoms with Crippen LogP contribution in [0.4, 0.5) is 4.79 Å². The molecular formula is C15H21N3O3. The zero-order valence-electron chi connectivity index (χ0n) is 12.7. The average Bonchev–Trinajstić information content (AvgIpc) is 2.83. The minimum Gasteiger partial charge on any atom is -0.444 e. The molecule has 1 aromatic heterocycles. The van der Waals surface area contributed by atoms with E-state index in [1.54, 1.807) is 17.2 Å². The van der Waals surface area contributed by atoms with Crippen LogP contribution in [0.2, 0.25) is 0 Å². The summed E-state index contributed by atoms with van der Waals surface area (Å²) in [5.41, 5.74) is -0.517. The predicted octanol–water partition coefficient (Wildman–Crippen LogP) is 1.36. The van der Waals surface area contributed by atoms with Gasteiger partial charge in [0.05, 0.1) is 0 Å². The first kappa shape index (κ1) is 14.1. The van der Waals surface area contributed by atoms with E-state index in [9.17, 15) is 9.59 Å². The van der Waals surface area contributed by atoms with Gasteiger partial charge in [-0.05, 0) is 44.6 Å². The average molecular weight is 291 g/mol. The highest BCUT2D eigenvalue weighted by Crippen LogP contribution is 2.52. The summed E-state index contributed by atoms with van der Waals surface area (Å²) in [5, 5.41) is 4.09. The quantitative estimate of drug-likeness (QED) is 0.825. The van der Waals surface area contributed by atoms with E-state index in [-0.39, 0.29) is 11.7 Å². The molecule has 2 fully saturated rings. The molecule has 1 aliphatic heterocycles. The molecule has 1 aliphatic carbocycles. The molecule has 114 valence electrons. The summed E-state index contributed by atoms with van der Waals surface area (Å²) >= 11 is 0. The largest absolute Gasteiger partial charge is 0.444 e. The standard InChI is InChI=1S/C15H21N3O3/c1-15(2,3)21-14(20)17-7-10-11(8-17)12(10)9-18-13(19)5-4-6-16-18/h4-6,10-12H,7-9H2,1-3H3/t10-,11+,12?. The fourth-order valence-electron chi connectivity index (χ4n) is 3.12. The van der Waals surface area contributed by atoms with Crippen LogP contribution in [-0.2, 0) is 11.3 Å². The van der Waals surface area contributed by atoms with E-state index in [0.717, 1.165) is 13.1 Å². The molecule has 1 unspecified atom stereocenters. The number of carbonyl (C=O) groups excluding carboxylic acids is 1. The van der Waals surface area contributed by atoms with Gasteiger partial charge in [-0.2, -0.15) is 5.10 Å². The molecular weight excluding hydrogens is 270 g/mol. The lowest BCUT2D eigenvalue weighted by Gasteiger charge is -2.25. The summed E-state index contributed by atoms with van der Waals surface area (Å²) in [5.74, 6) is 1.41. The van der Waals surface area contributed by atoms with Gasteiger partial charge in [-0.1, -0.05) is 0 Å². The lowest BCUT2D eigenvalue weighted by molar-refractivity contribution is 0.0264. The molecule has 0 radical (unpaired) electrons. The van der Waals surface area contributed by atoms with Crippen molar-refractivity contribution in [2.24, 2.45) is 17.8 Å². The highest BCUT2D eigenvalue weighted by molar-refractivity contribution is 5.68. The number of likely N-dealkylation sites (tertiary alicyclic amines) is 1. The number of ether oxygens (including phenoxy) is 1. The summed E-state index contributed by atoms with van der Waals surface area (Å²) in [6, 6.07) is 3.18. The minimum atomic E-state index is -0.454. The topological polar surface area (TPSA) is 64.4 Å². The van der Waals surface area contributed by atoms with Crippen LogP contribution in [0.5, 0.6) is 0 Å². The van der Waals surface area contributed by atoms with Crippen LogP contribution in [0, 0.1) is 17.8 Å². The van der Waals surface area contributed by atoms with Crippen molar-refractivity contribution in [1.29, 1.82) is 0 Å². The Morgan fingerprint density at radius 1 is 1.38 bits per heavy atom. The first-order chi connectivity index (χ1) is 9.85. The number of hydrogen-bond acceptors (Lipinski definition) is 4. The summed E-state index contributed by atoms with van der Waals surface area (Å²) in [6.07, 6.45) is 1.40. The zero-order chi connectivity index (χ0) is 15.2. The second-order valence-corrected chi connectivity index (χ2v) is 6.92. The molecule has 1 amide bonds. The third-order valence-corrected chi connectivity index (χ3v) is 4.19. The number of piperidine rings is 1. The number of hydrogen-bond donors (Lipinski definition) is 0. The normalized spacial score (nSPS) is 27.4. The van der Waals surface area contributed by atoms with Crippen LogP contribution in [0.25, 0.3) is 0 Å². The van der Waals surface area contributed by atoms with Crippen molar-refractivity contribution in [3.63, 3.8) is 0 Å². The number of nitrogens with zero attached hydrogens (tertiary/aromatic N) is 3. The molecule has 3 atom stereocenters. The van der Waals surface area contributed by atoms with Gasteiger partial charge in [-0.15, -0.1) is 0 Å². The summed E-state index contributed by atoms with van der Waals surface area (Å²) in [4.78, 5) is 25.4. The number of carbonyl (C=O) groups is 1. The van der Waals surface area contributed by atoms with Crippen LogP contribution < -0.4 is 5.56 Å². The molecule has 0 N–H and O–H groups in total. The van der Waals surface area contributed by atoms with Crippen molar-refractivity contribution in [3.05, 3.63) is 28.7 Å². The highest BCUT2D eigenvalue weighted by Gasteiger charge is 2.57. The van der Waals surface area contributed by atoms with Gasteiger partial charge in [-0.25, -0.2) is 9.48 Å². The molecule has 6 heteroatoms. The van der Waals surface area contributed by atoms with Crippen LogP contribution in [0.3, 0.4) is 0 Å². The third-order valence-electron chi connectivity index (χ3n) is 4.19. The Kier molecular flexibility index (Phi) is 3.26. The van der Waals surface area contributed by atoms with Gasteiger partial charge in [-0.3, -0.25) is 4.79 Å². The Morgan fingerprint density at radius 3 is 2.62 bits per heavy atom. The van der Waals surface area contributed by atoms with E-state index in [1.165, 1.54) is 10.7 Å². The van der Waals surface area contributed by atoms with Gasteiger partial charge < -0.3 is 9.64 Å². The lowest BCUT2D eigenvalue weighted by atomic mass is 10.2. The Labute approximate surface area is 123 Å². The smallest absolute Gasteiger partial charge is 0.410 e. The minimum absolute atomic E-state index is 0.0635. The Balaban J connectivity index is 1.54. The molecule has 0 aromatic carbocycles. The first-order valence-electron chi connectivity index (χ1n) is 7.35. The summed E-state index contributed by atoms with van der Waals surface area (Å²) < 4.78 is 6.90. The van der Waals surface area contributed by atoms with Crippen LogP contribution in [-0.4, -0.2) is 39.5 Å². The molecule has 1 saturated heterocycles. The molecule has 3 rings (SSSR count). The van der Waals surface area contributed by atoms with E-state index < -0.39 is 5.60 Å². The Morgan fingerprint density at radius 2 is 2.05 bits per heavy atom. The number of amides is 1. The fourth-order valence-corrected chi connectivity index (χ4v) is 3.12. The van der Waals surface area contributed by atoms with Crippen LogP contribution in [0.15, 0.2) is 23.1 Å². The summed E-state index contributed by atoms with van der Waals surface area (Å²) in [6.45, 7) is 7.73. The summed E-state index contributed by atoms with van der Waals surface area (Å²) in [7, 11) is 0. The molecule has 2 aliphatic rings. The van der Waals surface area contributed by atoms with Gasteiger partial charge in [0.25, 0.3) is 5.56 Å². The van der Waals surface area contributed by atoms with E-state index >= 15 is 0 Å². The predicted molar refractivity (Wildman–Crippen MR) is 76.8 cm³/mol. The molecule has 6 nitrogen and oxygen atoms in total. The maximum atomic E-state index is 12.0. The molecule has 1 aromatic rings. The van der Waals surface area contributed by atoms with E-state index in [4.69, 9.17) is 4.74 Å². The highest BCUT2D eigenvalue weighted by atomic mass is 16.6. The van der Waals surface area contributed by atoms with Crippen molar-refractivity contribution in [2.75, 3.05) is 13.1 Å². The van der Waals surface area contributed by atoms with E-state index in [1.807, 2.05) is 20.8 Å². The van der Waals surface area contributed by atoms with Crippen molar-refractivity contribution >= 4 is 6.09 Å². The first-order valence-corrected chi connectivity index (χ1v) is 7.35. The maximum Gasteiger partial charge on any atom is 0.410 e. The fraction of sp³-hybridized carbons (Fsp3) is 0.667. The van der Waals surface area contributed by atoms with Crippen LogP contribution in [0.1, 0.15) is 20.8 Å². The number of aromatic nitrogens is 2. The molecule has 2 heterocycles. The van der Waals surface area contributed by atoms with Gasteiger partial charge >= 0.3 is 6.09 Å². The maximum absolute atomic E-state index is 12.0. The van der Waals surface area contributed by atoms with Crippen LogP contribution >= 0.6 is 0 Å². The SMILES string of the molecule is CC(C)(C)OC(=O)N1C[C@@H]2C(Cn3ncccc3=O)[C@@H]2C1. The van der Waals surface area contributed by atoms with Crippen molar-refractivity contribution < 1.29 is 9.53 Å². The monoisotopic (exact) mass is 291 g/mol. The number of fused-ring (bicyclic) bond motifs is 1. The molecule has 1 saturated carbocycles. The number of rotatable bonds is 2. The van der Waals surface area contributed by atoms with Crippen molar-refractivity contribution in [2.45, 2.75) is 32.9 Å². The van der Waals surface area contributed by atoms with Gasteiger partial charge in [0.2, 0.25) is 0 Å². The van der Waals surface area contributed by atoms with Gasteiger partial charge in [0.15, 0.2) is 0 Å². The third kappa shape index (κ3) is 2.94. The molecule has 21 heavy (non-hydrogen) atoms. The van der Waals surface area contributed by atoms with Crippen molar-refractivity contribution in [3.8, 4) is 0 Å².